The van der Waals surface area contributed by atoms with Crippen molar-refractivity contribution in [1.82, 2.24) is 10.9 Å². The maximum absolute atomic E-state index is 12.1. The van der Waals surface area contributed by atoms with E-state index in [4.69, 9.17) is 9.47 Å². The highest BCUT2D eigenvalue weighted by molar-refractivity contribution is 6.42. The average molecular weight is 340 g/mol. The van der Waals surface area contributed by atoms with Crippen molar-refractivity contribution in [2.45, 2.75) is 13.0 Å². The summed E-state index contributed by atoms with van der Waals surface area (Å²) in [5.41, 5.74) is 5.49. The third-order valence-electron chi connectivity index (χ3n) is 3.62. The lowest BCUT2D eigenvalue weighted by Crippen LogP contribution is -2.52. The molecule has 2 N–H and O–H groups in total. The minimum Gasteiger partial charge on any atom is -0.485 e. The first-order valence-electron chi connectivity index (χ1n) is 7.64. The predicted molar refractivity (Wildman–Crippen MR) is 88.1 cm³/mol. The maximum atomic E-state index is 12.1. The van der Waals surface area contributed by atoms with E-state index in [1.54, 1.807) is 48.5 Å². The number of hydrogen-bond acceptors (Lipinski definition) is 5. The number of para-hydroxylation sites is 2. The minimum atomic E-state index is -0.936. The normalized spacial score (nSPS) is 15.2. The second-order valence-corrected chi connectivity index (χ2v) is 5.50. The molecule has 1 unspecified atom stereocenters. The molecule has 2 aromatic rings. The van der Waals surface area contributed by atoms with E-state index in [0.29, 0.717) is 11.5 Å². The summed E-state index contributed by atoms with van der Waals surface area (Å²) in [6.45, 7) is 1.88. The van der Waals surface area contributed by atoms with Gasteiger partial charge in [-0.25, -0.2) is 0 Å². The largest absolute Gasteiger partial charge is 0.485 e. The Morgan fingerprint density at radius 1 is 0.960 bits per heavy atom. The number of benzene rings is 2. The van der Waals surface area contributed by atoms with E-state index in [2.05, 4.69) is 10.9 Å². The lowest BCUT2D eigenvalue weighted by molar-refractivity contribution is -0.134. The van der Waals surface area contributed by atoms with E-state index in [1.165, 1.54) is 0 Å². The smallest absolute Gasteiger partial charge is 0.310 e. The number of fused-ring (bicyclic) bond motifs is 1. The summed E-state index contributed by atoms with van der Waals surface area (Å²) < 4.78 is 10.9. The molecule has 0 saturated heterocycles. The Morgan fingerprint density at radius 3 is 2.36 bits per heavy atom. The second-order valence-electron chi connectivity index (χ2n) is 5.50. The summed E-state index contributed by atoms with van der Waals surface area (Å²) in [5, 5.41) is 0. The average Bonchev–Trinajstić information content (AvgIpc) is 2.65. The highest BCUT2D eigenvalue weighted by Gasteiger charge is 2.28. The van der Waals surface area contributed by atoms with E-state index in [-0.39, 0.29) is 12.2 Å². The number of amides is 2. The SMILES string of the molecule is Cc1ccc(C(=O)C(=O)NNC(=O)C2COc3ccccc3O2)cc1. The van der Waals surface area contributed by atoms with Crippen LogP contribution in [0, 0.1) is 6.92 Å². The molecule has 0 aliphatic carbocycles. The summed E-state index contributed by atoms with van der Waals surface area (Å²) >= 11 is 0. The monoisotopic (exact) mass is 340 g/mol. The van der Waals surface area contributed by atoms with Gasteiger partial charge < -0.3 is 9.47 Å². The summed E-state index contributed by atoms with van der Waals surface area (Å²) in [4.78, 5) is 35.9. The first kappa shape index (κ1) is 16.5. The third kappa shape index (κ3) is 3.77. The number of carbonyl (C=O) groups is 3. The van der Waals surface area contributed by atoms with Gasteiger partial charge in [-0.2, -0.15) is 0 Å². The molecule has 0 saturated carbocycles. The number of carbonyl (C=O) groups excluding carboxylic acids is 3. The molecular weight excluding hydrogens is 324 g/mol. The van der Waals surface area contributed by atoms with Gasteiger partial charge in [-0.3, -0.25) is 25.2 Å². The van der Waals surface area contributed by atoms with Gasteiger partial charge in [-0.1, -0.05) is 42.0 Å². The predicted octanol–water partition coefficient (Wildman–Crippen LogP) is 1.17. The van der Waals surface area contributed by atoms with Gasteiger partial charge in [0.25, 0.3) is 11.7 Å². The number of aryl methyl sites for hydroxylation is 1. The molecule has 25 heavy (non-hydrogen) atoms. The number of ether oxygens (including phenoxy) is 2. The lowest BCUT2D eigenvalue weighted by Gasteiger charge is -2.25. The zero-order valence-corrected chi connectivity index (χ0v) is 13.4. The number of rotatable bonds is 3. The van der Waals surface area contributed by atoms with Gasteiger partial charge in [0.05, 0.1) is 0 Å². The van der Waals surface area contributed by atoms with Crippen LogP contribution >= 0.6 is 0 Å². The molecule has 7 heteroatoms. The van der Waals surface area contributed by atoms with Crippen LogP contribution in [0.4, 0.5) is 0 Å². The fourth-order valence-corrected chi connectivity index (χ4v) is 2.24. The second kappa shape index (κ2) is 7.04. The van der Waals surface area contributed by atoms with Crippen molar-refractivity contribution in [3.63, 3.8) is 0 Å². The van der Waals surface area contributed by atoms with Crippen molar-refractivity contribution in [3.8, 4) is 11.5 Å². The molecule has 1 atom stereocenters. The standard InChI is InChI=1S/C18H16N2O5/c1-11-6-8-12(9-7-11)16(21)18(23)20-19-17(22)15-10-24-13-4-2-3-5-14(13)25-15/h2-9,15H,10H2,1H3,(H,19,22)(H,20,23). The first-order chi connectivity index (χ1) is 12.0. The number of ketones is 1. The van der Waals surface area contributed by atoms with Crippen molar-refractivity contribution < 1.29 is 23.9 Å². The van der Waals surface area contributed by atoms with Crippen LogP contribution < -0.4 is 20.3 Å². The first-order valence-corrected chi connectivity index (χ1v) is 7.64. The topological polar surface area (TPSA) is 93.7 Å². The van der Waals surface area contributed by atoms with Gasteiger partial charge >= 0.3 is 5.91 Å². The van der Waals surface area contributed by atoms with E-state index in [1.807, 2.05) is 6.92 Å². The molecule has 0 spiro atoms. The van der Waals surface area contributed by atoms with Gasteiger partial charge in [-0.15, -0.1) is 0 Å². The Bertz CT molecular complexity index is 816. The molecule has 128 valence electrons. The van der Waals surface area contributed by atoms with E-state index < -0.39 is 23.7 Å². The molecule has 0 fully saturated rings. The Hall–Kier alpha value is -3.35. The van der Waals surface area contributed by atoms with Crippen LogP contribution in [0.15, 0.2) is 48.5 Å². The molecule has 1 aliphatic heterocycles. The summed E-state index contributed by atoms with van der Waals surface area (Å²) in [7, 11) is 0. The number of hydrazine groups is 1. The third-order valence-corrected chi connectivity index (χ3v) is 3.62. The molecule has 1 heterocycles. The number of nitrogens with one attached hydrogen (secondary N) is 2. The van der Waals surface area contributed by atoms with Gasteiger partial charge in [0, 0.05) is 5.56 Å². The van der Waals surface area contributed by atoms with Crippen LogP contribution in [0.2, 0.25) is 0 Å². The minimum absolute atomic E-state index is 0.00459. The van der Waals surface area contributed by atoms with Gasteiger partial charge in [0.2, 0.25) is 6.10 Å². The van der Waals surface area contributed by atoms with Crippen molar-refractivity contribution in [3.05, 3.63) is 59.7 Å². The molecule has 0 bridgehead atoms. The quantitative estimate of drug-likeness (QED) is 0.497. The Kier molecular flexibility index (Phi) is 4.65. The Morgan fingerprint density at radius 2 is 1.64 bits per heavy atom. The fraction of sp³-hybridized carbons (Fsp3) is 0.167. The van der Waals surface area contributed by atoms with Crippen molar-refractivity contribution in [1.29, 1.82) is 0 Å². The van der Waals surface area contributed by atoms with Crippen LogP contribution in [-0.4, -0.2) is 30.3 Å². The van der Waals surface area contributed by atoms with E-state index in [0.717, 1.165) is 5.56 Å². The van der Waals surface area contributed by atoms with Crippen molar-refractivity contribution in [2.24, 2.45) is 0 Å². The van der Waals surface area contributed by atoms with E-state index >= 15 is 0 Å². The maximum Gasteiger partial charge on any atom is 0.310 e. The summed E-state index contributed by atoms with van der Waals surface area (Å²) in [6.07, 6.45) is -0.926. The molecule has 2 amide bonds. The Balaban J connectivity index is 1.55. The number of Topliss-reactive ketones (excluding diaryl/α,β-unsaturated/α-hetero) is 1. The zero-order valence-electron chi connectivity index (χ0n) is 13.4. The fourth-order valence-electron chi connectivity index (χ4n) is 2.24. The molecule has 0 aromatic heterocycles. The van der Waals surface area contributed by atoms with Crippen molar-refractivity contribution in [2.75, 3.05) is 6.61 Å². The molecule has 3 rings (SSSR count). The van der Waals surface area contributed by atoms with Crippen LogP contribution in [0.1, 0.15) is 15.9 Å². The zero-order chi connectivity index (χ0) is 17.8. The summed E-state index contributed by atoms with van der Waals surface area (Å²) in [6, 6.07) is 13.5. The molecule has 7 nitrogen and oxygen atoms in total. The van der Waals surface area contributed by atoms with Gasteiger partial charge in [0.1, 0.15) is 6.61 Å². The summed E-state index contributed by atoms with van der Waals surface area (Å²) in [5.74, 6) is -1.30. The van der Waals surface area contributed by atoms with Crippen LogP contribution in [0.3, 0.4) is 0 Å². The highest BCUT2D eigenvalue weighted by atomic mass is 16.6. The molecule has 2 aromatic carbocycles. The van der Waals surface area contributed by atoms with Crippen LogP contribution in [-0.2, 0) is 9.59 Å². The molecular formula is C18H16N2O5. The van der Waals surface area contributed by atoms with Crippen LogP contribution in [0.5, 0.6) is 11.5 Å². The van der Waals surface area contributed by atoms with E-state index in [9.17, 15) is 14.4 Å². The van der Waals surface area contributed by atoms with Crippen molar-refractivity contribution >= 4 is 17.6 Å². The molecule has 1 aliphatic rings. The molecule has 0 radical (unpaired) electrons. The lowest BCUT2D eigenvalue weighted by atomic mass is 10.1. The van der Waals surface area contributed by atoms with Gasteiger partial charge in [0.15, 0.2) is 11.5 Å². The van der Waals surface area contributed by atoms with Crippen LogP contribution in [0.25, 0.3) is 0 Å². The van der Waals surface area contributed by atoms with Gasteiger partial charge in [-0.05, 0) is 19.1 Å². The number of hydrogen-bond donors (Lipinski definition) is 2. The Labute approximate surface area is 143 Å². The highest BCUT2D eigenvalue weighted by Crippen LogP contribution is 2.30.